The van der Waals surface area contributed by atoms with Crippen molar-refractivity contribution in [3.8, 4) is 0 Å². The summed E-state index contributed by atoms with van der Waals surface area (Å²) < 4.78 is 28.4. The number of benzene rings is 2. The van der Waals surface area contributed by atoms with Crippen molar-refractivity contribution in [2.24, 2.45) is 0 Å². The summed E-state index contributed by atoms with van der Waals surface area (Å²) in [6, 6.07) is 11.8. The van der Waals surface area contributed by atoms with Crippen molar-refractivity contribution in [1.29, 1.82) is 0 Å². The van der Waals surface area contributed by atoms with E-state index in [9.17, 15) is 13.2 Å². The Labute approximate surface area is 160 Å². The second kappa shape index (κ2) is 7.70. The molecule has 0 aliphatic carbocycles. The largest absolute Gasteiger partial charge is 0.336 e. The fourth-order valence-electron chi connectivity index (χ4n) is 3.16. The molecule has 0 saturated carbocycles. The zero-order valence-corrected chi connectivity index (χ0v) is 16.7. The lowest BCUT2D eigenvalue weighted by molar-refractivity contribution is 0.0664. The molecule has 0 radical (unpaired) electrons. The van der Waals surface area contributed by atoms with Gasteiger partial charge in [0.05, 0.1) is 10.6 Å². The third kappa shape index (κ3) is 4.31. The minimum absolute atomic E-state index is 0.0881. The van der Waals surface area contributed by atoms with Gasteiger partial charge in [-0.2, -0.15) is 0 Å². The van der Waals surface area contributed by atoms with Crippen molar-refractivity contribution in [3.63, 3.8) is 0 Å². The first-order valence-corrected chi connectivity index (χ1v) is 10.4. The number of anilines is 1. The molecule has 1 aliphatic heterocycles. The fraction of sp³-hybridized carbons (Fsp3) is 0.350. The summed E-state index contributed by atoms with van der Waals surface area (Å²) in [5, 5.41) is 0. The third-order valence-electron chi connectivity index (χ3n) is 4.90. The molecule has 1 N–H and O–H groups in total. The highest BCUT2D eigenvalue weighted by Crippen LogP contribution is 2.24. The van der Waals surface area contributed by atoms with Crippen molar-refractivity contribution >= 4 is 21.6 Å². The smallest absolute Gasteiger partial charge is 0.261 e. The normalized spacial score (nSPS) is 15.6. The SMILES string of the molecule is Cc1cccc(C)c1NS(=O)(=O)c1cccc(C(=O)N2CCN(C)CC2)c1. The third-order valence-corrected chi connectivity index (χ3v) is 6.25. The number of amides is 1. The van der Waals surface area contributed by atoms with Crippen molar-refractivity contribution in [3.05, 3.63) is 59.2 Å². The van der Waals surface area contributed by atoms with Crippen LogP contribution in [0.1, 0.15) is 21.5 Å². The second-order valence-corrected chi connectivity index (χ2v) is 8.68. The van der Waals surface area contributed by atoms with Gasteiger partial charge in [-0.1, -0.05) is 24.3 Å². The lowest BCUT2D eigenvalue weighted by Crippen LogP contribution is -2.47. The van der Waals surface area contributed by atoms with E-state index < -0.39 is 10.0 Å². The van der Waals surface area contributed by atoms with E-state index in [1.165, 1.54) is 12.1 Å². The first kappa shape index (κ1) is 19.4. The number of carbonyl (C=O) groups is 1. The van der Waals surface area contributed by atoms with Crippen molar-refractivity contribution < 1.29 is 13.2 Å². The highest BCUT2D eigenvalue weighted by Gasteiger charge is 2.23. The van der Waals surface area contributed by atoms with Crippen LogP contribution in [0.25, 0.3) is 0 Å². The number of aryl methyl sites for hydroxylation is 2. The van der Waals surface area contributed by atoms with Crippen LogP contribution >= 0.6 is 0 Å². The molecular formula is C20H25N3O3S. The van der Waals surface area contributed by atoms with E-state index in [1.54, 1.807) is 17.0 Å². The molecule has 1 amide bonds. The van der Waals surface area contributed by atoms with Crippen LogP contribution in [0, 0.1) is 13.8 Å². The maximum absolute atomic E-state index is 12.9. The van der Waals surface area contributed by atoms with Crippen LogP contribution in [0.4, 0.5) is 5.69 Å². The maximum Gasteiger partial charge on any atom is 0.261 e. The molecule has 2 aromatic rings. The number of hydrogen-bond donors (Lipinski definition) is 1. The van der Waals surface area contributed by atoms with E-state index in [1.807, 2.05) is 39.1 Å². The van der Waals surface area contributed by atoms with Crippen LogP contribution in [0.2, 0.25) is 0 Å². The summed E-state index contributed by atoms with van der Waals surface area (Å²) in [6.07, 6.45) is 0. The number of carbonyl (C=O) groups excluding carboxylic acids is 1. The highest BCUT2D eigenvalue weighted by molar-refractivity contribution is 7.92. The zero-order valence-electron chi connectivity index (χ0n) is 15.9. The number of sulfonamides is 1. The lowest BCUT2D eigenvalue weighted by atomic mass is 10.1. The molecule has 6 nitrogen and oxygen atoms in total. The number of piperazine rings is 1. The number of likely N-dealkylation sites (N-methyl/N-ethyl adjacent to an activating group) is 1. The van der Waals surface area contributed by atoms with Gasteiger partial charge in [-0.25, -0.2) is 8.42 Å². The van der Waals surface area contributed by atoms with Gasteiger partial charge in [0.25, 0.3) is 15.9 Å². The molecule has 144 valence electrons. The van der Waals surface area contributed by atoms with E-state index in [0.29, 0.717) is 24.3 Å². The summed E-state index contributed by atoms with van der Waals surface area (Å²) in [5.41, 5.74) is 2.67. The Bertz CT molecular complexity index is 928. The Hall–Kier alpha value is -2.38. The Kier molecular flexibility index (Phi) is 5.53. The predicted molar refractivity (Wildman–Crippen MR) is 107 cm³/mol. The van der Waals surface area contributed by atoms with Crippen LogP contribution in [0.3, 0.4) is 0 Å². The first-order chi connectivity index (χ1) is 12.8. The minimum atomic E-state index is -3.78. The Morgan fingerprint density at radius 1 is 0.963 bits per heavy atom. The Balaban J connectivity index is 1.85. The van der Waals surface area contributed by atoms with Crippen LogP contribution in [-0.2, 0) is 10.0 Å². The standard InChI is InChI=1S/C20H25N3O3S/c1-15-6-4-7-16(2)19(15)21-27(25,26)18-9-5-8-17(14-18)20(24)23-12-10-22(3)11-13-23/h4-9,14,21H,10-13H2,1-3H3. The van der Waals surface area contributed by atoms with E-state index >= 15 is 0 Å². The molecule has 27 heavy (non-hydrogen) atoms. The summed E-state index contributed by atoms with van der Waals surface area (Å²) in [6.45, 7) is 6.64. The fourth-order valence-corrected chi connectivity index (χ4v) is 4.41. The molecule has 0 unspecified atom stereocenters. The van der Waals surface area contributed by atoms with Crippen molar-refractivity contribution in [2.75, 3.05) is 37.9 Å². The molecule has 0 bridgehead atoms. The van der Waals surface area contributed by atoms with Crippen LogP contribution < -0.4 is 4.72 Å². The minimum Gasteiger partial charge on any atom is -0.336 e. The molecule has 0 spiro atoms. The number of nitrogens with zero attached hydrogens (tertiary/aromatic N) is 2. The average molecular weight is 388 g/mol. The van der Waals surface area contributed by atoms with Crippen LogP contribution in [-0.4, -0.2) is 57.4 Å². The number of para-hydroxylation sites is 1. The summed E-state index contributed by atoms with van der Waals surface area (Å²) in [4.78, 5) is 16.8. The van der Waals surface area contributed by atoms with Gasteiger partial charge in [0.2, 0.25) is 0 Å². The number of hydrogen-bond acceptors (Lipinski definition) is 4. The topological polar surface area (TPSA) is 69.7 Å². The maximum atomic E-state index is 12.9. The molecule has 7 heteroatoms. The first-order valence-electron chi connectivity index (χ1n) is 8.95. The van der Waals surface area contributed by atoms with Crippen LogP contribution in [0.5, 0.6) is 0 Å². The van der Waals surface area contributed by atoms with E-state index in [2.05, 4.69) is 9.62 Å². The summed E-state index contributed by atoms with van der Waals surface area (Å²) in [5.74, 6) is -0.132. The van der Waals surface area contributed by atoms with Gasteiger partial charge in [0.15, 0.2) is 0 Å². The second-order valence-electron chi connectivity index (χ2n) is 7.00. The number of rotatable bonds is 4. The molecule has 0 atom stereocenters. The van der Waals surface area contributed by atoms with Crippen molar-refractivity contribution in [2.45, 2.75) is 18.7 Å². The molecular weight excluding hydrogens is 362 g/mol. The molecule has 2 aromatic carbocycles. The molecule has 1 heterocycles. The Morgan fingerprint density at radius 3 is 2.19 bits per heavy atom. The summed E-state index contributed by atoms with van der Waals surface area (Å²) in [7, 11) is -1.76. The molecule has 3 rings (SSSR count). The molecule has 1 fully saturated rings. The summed E-state index contributed by atoms with van der Waals surface area (Å²) >= 11 is 0. The van der Waals surface area contributed by atoms with Gasteiger partial charge in [0, 0.05) is 31.7 Å². The van der Waals surface area contributed by atoms with Gasteiger partial charge >= 0.3 is 0 Å². The number of nitrogens with one attached hydrogen (secondary N) is 1. The van der Waals surface area contributed by atoms with Gasteiger partial charge in [0.1, 0.15) is 0 Å². The van der Waals surface area contributed by atoms with E-state index in [0.717, 1.165) is 24.2 Å². The predicted octanol–water partition coefficient (Wildman–Crippen LogP) is 2.49. The average Bonchev–Trinajstić information content (AvgIpc) is 2.65. The zero-order chi connectivity index (χ0) is 19.6. The van der Waals surface area contributed by atoms with Gasteiger partial charge < -0.3 is 9.80 Å². The molecule has 1 aliphatic rings. The van der Waals surface area contributed by atoms with Crippen LogP contribution in [0.15, 0.2) is 47.4 Å². The van der Waals surface area contributed by atoms with Gasteiger partial charge in [-0.05, 0) is 50.2 Å². The van der Waals surface area contributed by atoms with Crippen molar-refractivity contribution in [1.82, 2.24) is 9.80 Å². The van der Waals surface area contributed by atoms with Gasteiger partial charge in [-0.3, -0.25) is 9.52 Å². The monoisotopic (exact) mass is 387 g/mol. The van der Waals surface area contributed by atoms with E-state index in [4.69, 9.17) is 0 Å². The van der Waals surface area contributed by atoms with Gasteiger partial charge in [-0.15, -0.1) is 0 Å². The highest BCUT2D eigenvalue weighted by atomic mass is 32.2. The quantitative estimate of drug-likeness (QED) is 0.875. The Morgan fingerprint density at radius 2 is 1.56 bits per heavy atom. The molecule has 0 aromatic heterocycles. The lowest BCUT2D eigenvalue weighted by Gasteiger charge is -2.32. The van der Waals surface area contributed by atoms with E-state index in [-0.39, 0.29) is 10.8 Å². The molecule has 1 saturated heterocycles.